The SMILES string of the molecule is COC(=O)[C@]12C=C[C@H](CC1)C(C#N)(C#N)C2(C#N)C#N. The molecule has 0 amide bonds. The monoisotopic (exact) mass is 266 g/mol. The van der Waals surface area contributed by atoms with Gasteiger partial charge < -0.3 is 4.74 Å². The number of allylic oxidation sites excluding steroid dienone is 1. The van der Waals surface area contributed by atoms with Crippen LogP contribution in [0, 0.1) is 67.5 Å². The average molecular weight is 266 g/mol. The van der Waals surface area contributed by atoms with Gasteiger partial charge in [0.05, 0.1) is 31.4 Å². The molecule has 0 unspecified atom stereocenters. The van der Waals surface area contributed by atoms with Crippen LogP contribution in [0.1, 0.15) is 12.8 Å². The molecule has 3 rings (SSSR count). The number of esters is 1. The Hall–Kier alpha value is -2.83. The molecule has 0 heterocycles. The molecule has 3 aliphatic rings. The maximum atomic E-state index is 12.2. The van der Waals surface area contributed by atoms with Crippen molar-refractivity contribution >= 4 is 5.97 Å². The molecule has 98 valence electrons. The Labute approximate surface area is 116 Å². The Morgan fingerprint density at radius 1 is 1.20 bits per heavy atom. The lowest BCUT2D eigenvalue weighted by Gasteiger charge is -2.53. The van der Waals surface area contributed by atoms with Crippen molar-refractivity contribution in [2.75, 3.05) is 7.11 Å². The van der Waals surface area contributed by atoms with Crippen molar-refractivity contribution in [2.24, 2.45) is 22.2 Å². The first-order valence-electron chi connectivity index (χ1n) is 5.97. The molecule has 0 saturated heterocycles. The van der Waals surface area contributed by atoms with Gasteiger partial charge in [-0.2, -0.15) is 21.0 Å². The molecule has 0 aliphatic heterocycles. The lowest BCUT2D eigenvalue weighted by atomic mass is 9.40. The summed E-state index contributed by atoms with van der Waals surface area (Å²) in [7, 11) is 1.16. The summed E-state index contributed by atoms with van der Waals surface area (Å²) in [6, 6.07) is 7.24. The first-order chi connectivity index (χ1) is 9.54. The summed E-state index contributed by atoms with van der Waals surface area (Å²) in [5.74, 6) is -1.30. The molecule has 3 aliphatic carbocycles. The second-order valence-corrected chi connectivity index (χ2v) is 4.97. The van der Waals surface area contributed by atoms with E-state index in [2.05, 4.69) is 0 Å². The molecule has 0 aromatic heterocycles. The Morgan fingerprint density at radius 3 is 2.15 bits per heavy atom. The predicted molar refractivity (Wildman–Crippen MR) is 63.6 cm³/mol. The fraction of sp³-hybridized carbons (Fsp3) is 0.500. The minimum atomic E-state index is -2.06. The number of carbonyl (C=O) groups is 1. The molecule has 0 radical (unpaired) electrons. The van der Waals surface area contributed by atoms with Gasteiger partial charge in [0, 0.05) is 5.92 Å². The number of methoxy groups -OCH3 is 1. The van der Waals surface area contributed by atoms with Crippen LogP contribution in [0.4, 0.5) is 0 Å². The molecule has 0 N–H and O–H groups in total. The van der Waals surface area contributed by atoms with Crippen LogP contribution in [0.5, 0.6) is 0 Å². The van der Waals surface area contributed by atoms with Gasteiger partial charge >= 0.3 is 5.97 Å². The second-order valence-electron chi connectivity index (χ2n) is 4.97. The Bertz CT molecular complexity index is 639. The molecule has 6 heteroatoms. The van der Waals surface area contributed by atoms with Crippen LogP contribution >= 0.6 is 0 Å². The predicted octanol–water partition coefficient (Wildman–Crippen LogP) is 1.19. The number of nitrogens with zero attached hydrogens (tertiary/aromatic N) is 4. The summed E-state index contributed by atoms with van der Waals surface area (Å²) in [6.45, 7) is 0. The normalized spacial score (nSPS) is 31.1. The van der Waals surface area contributed by atoms with E-state index in [1.54, 1.807) is 18.2 Å². The number of rotatable bonds is 1. The van der Waals surface area contributed by atoms with Crippen molar-refractivity contribution < 1.29 is 9.53 Å². The van der Waals surface area contributed by atoms with Crippen LogP contribution in [-0.4, -0.2) is 13.1 Å². The van der Waals surface area contributed by atoms with E-state index in [1.165, 1.54) is 6.08 Å². The number of ether oxygens (including phenoxy) is 1. The number of fused-ring (bicyclic) bond motifs is 2. The van der Waals surface area contributed by atoms with Crippen LogP contribution in [-0.2, 0) is 9.53 Å². The number of hydrogen-bond donors (Lipinski definition) is 0. The van der Waals surface area contributed by atoms with Gasteiger partial charge in [0.1, 0.15) is 5.41 Å². The minimum absolute atomic E-state index is 0.215. The van der Waals surface area contributed by atoms with Crippen LogP contribution in [0.3, 0.4) is 0 Å². The summed E-state index contributed by atoms with van der Waals surface area (Å²) < 4.78 is 4.74. The zero-order valence-electron chi connectivity index (χ0n) is 10.8. The molecule has 6 nitrogen and oxygen atoms in total. The molecule has 0 spiro atoms. The lowest BCUT2D eigenvalue weighted by Crippen LogP contribution is -2.62. The summed E-state index contributed by atoms with van der Waals surface area (Å²) in [4.78, 5) is 12.2. The van der Waals surface area contributed by atoms with Gasteiger partial charge in [-0.05, 0) is 12.8 Å². The zero-order valence-corrected chi connectivity index (χ0v) is 10.8. The fourth-order valence-electron chi connectivity index (χ4n) is 3.41. The third-order valence-electron chi connectivity index (χ3n) is 4.52. The van der Waals surface area contributed by atoms with E-state index in [0.29, 0.717) is 6.42 Å². The highest BCUT2D eigenvalue weighted by Crippen LogP contribution is 2.66. The minimum Gasteiger partial charge on any atom is -0.468 e. The largest absolute Gasteiger partial charge is 0.468 e. The van der Waals surface area contributed by atoms with Gasteiger partial charge in [0.25, 0.3) is 0 Å². The maximum Gasteiger partial charge on any atom is 0.318 e. The van der Waals surface area contributed by atoms with E-state index < -0.39 is 28.1 Å². The maximum absolute atomic E-state index is 12.2. The highest BCUT2D eigenvalue weighted by molar-refractivity contribution is 5.84. The van der Waals surface area contributed by atoms with E-state index in [0.717, 1.165) is 7.11 Å². The fourth-order valence-corrected chi connectivity index (χ4v) is 3.41. The zero-order chi connectivity index (χ0) is 15.0. The number of carbonyl (C=O) groups excluding carboxylic acids is 1. The van der Waals surface area contributed by atoms with Crippen LogP contribution in [0.25, 0.3) is 0 Å². The summed E-state index contributed by atoms with van der Waals surface area (Å²) in [5.41, 5.74) is -5.49. The van der Waals surface area contributed by atoms with Gasteiger partial charge in [0.2, 0.25) is 0 Å². The Kier molecular flexibility index (Phi) is 2.78. The van der Waals surface area contributed by atoms with E-state index >= 15 is 0 Å². The van der Waals surface area contributed by atoms with Gasteiger partial charge in [-0.25, -0.2) is 0 Å². The van der Waals surface area contributed by atoms with E-state index in [1.807, 2.05) is 12.1 Å². The Balaban J connectivity index is 2.89. The van der Waals surface area contributed by atoms with E-state index in [9.17, 15) is 25.8 Å². The Morgan fingerprint density at radius 2 is 1.80 bits per heavy atom. The summed E-state index contributed by atoms with van der Waals surface area (Å²) >= 11 is 0. The third-order valence-corrected chi connectivity index (χ3v) is 4.52. The highest BCUT2D eigenvalue weighted by atomic mass is 16.5. The quantitative estimate of drug-likeness (QED) is 0.519. The first-order valence-corrected chi connectivity index (χ1v) is 5.97. The van der Waals surface area contributed by atoms with Crippen molar-refractivity contribution in [1.82, 2.24) is 0 Å². The molecular formula is C14H10N4O2. The van der Waals surface area contributed by atoms with Gasteiger partial charge in [0.15, 0.2) is 10.8 Å². The number of hydrogen-bond acceptors (Lipinski definition) is 6. The van der Waals surface area contributed by atoms with E-state index in [-0.39, 0.29) is 6.42 Å². The second kappa shape index (κ2) is 4.09. The third kappa shape index (κ3) is 1.08. The summed E-state index contributed by atoms with van der Waals surface area (Å²) in [5, 5.41) is 38.0. The molecule has 0 aromatic carbocycles. The van der Waals surface area contributed by atoms with Crippen LogP contribution in [0.15, 0.2) is 12.2 Å². The van der Waals surface area contributed by atoms with Crippen molar-refractivity contribution in [1.29, 1.82) is 21.0 Å². The molecule has 2 atom stereocenters. The molecule has 1 fully saturated rings. The van der Waals surface area contributed by atoms with Gasteiger partial charge in [-0.1, -0.05) is 12.2 Å². The highest BCUT2D eigenvalue weighted by Gasteiger charge is 2.75. The first kappa shape index (κ1) is 13.6. The summed E-state index contributed by atoms with van der Waals surface area (Å²) in [6.07, 6.45) is 3.65. The van der Waals surface area contributed by atoms with Crippen molar-refractivity contribution in [3.63, 3.8) is 0 Å². The average Bonchev–Trinajstić information content (AvgIpc) is 2.53. The molecule has 2 bridgehead atoms. The molecule has 0 aromatic rings. The molecular weight excluding hydrogens is 256 g/mol. The number of nitriles is 4. The van der Waals surface area contributed by atoms with Crippen molar-refractivity contribution in [3.8, 4) is 24.3 Å². The van der Waals surface area contributed by atoms with Crippen molar-refractivity contribution in [3.05, 3.63) is 12.2 Å². The van der Waals surface area contributed by atoms with Crippen molar-refractivity contribution in [2.45, 2.75) is 12.8 Å². The lowest BCUT2D eigenvalue weighted by molar-refractivity contribution is -0.161. The van der Waals surface area contributed by atoms with Crippen LogP contribution < -0.4 is 0 Å². The topological polar surface area (TPSA) is 121 Å². The smallest absolute Gasteiger partial charge is 0.318 e. The standard InChI is InChI=1S/C14H10N4O2/c1-20-11(19)12-4-2-10(3-5-12)13(6-15,7-16)14(12,8-17)9-18/h2,4,10H,3,5H2,1H3/t10-,12+/m1/s1. The molecule has 1 saturated carbocycles. The van der Waals surface area contributed by atoms with Crippen LogP contribution in [0.2, 0.25) is 0 Å². The van der Waals surface area contributed by atoms with Gasteiger partial charge in [-0.15, -0.1) is 0 Å². The van der Waals surface area contributed by atoms with E-state index in [4.69, 9.17) is 4.74 Å². The van der Waals surface area contributed by atoms with Gasteiger partial charge in [-0.3, -0.25) is 4.79 Å². The molecule has 20 heavy (non-hydrogen) atoms.